The fourth-order valence-corrected chi connectivity index (χ4v) is 4.19. The van der Waals surface area contributed by atoms with Crippen molar-refractivity contribution in [1.29, 1.82) is 0 Å². The van der Waals surface area contributed by atoms with E-state index in [9.17, 15) is 0 Å². The third-order valence-electron chi connectivity index (χ3n) is 5.71. The fraction of sp³-hybridized carbons (Fsp3) is 1.00. The van der Waals surface area contributed by atoms with Gasteiger partial charge in [-0.1, -0.05) is 33.1 Å². The molecule has 2 rings (SSSR count). The van der Waals surface area contributed by atoms with Crippen molar-refractivity contribution in [3.63, 3.8) is 0 Å². The monoisotopic (exact) mass is 253 g/mol. The largest absolute Gasteiger partial charge is 0.377 e. The van der Waals surface area contributed by atoms with E-state index in [1.165, 1.54) is 51.4 Å². The number of ether oxygens (including phenoxy) is 1. The van der Waals surface area contributed by atoms with Gasteiger partial charge in [0, 0.05) is 18.1 Å². The first kappa shape index (κ1) is 14.3. The molecule has 0 aromatic heterocycles. The molecular formula is C16H31NO. The Morgan fingerprint density at radius 1 is 1.11 bits per heavy atom. The highest BCUT2D eigenvalue weighted by atomic mass is 16.5. The highest BCUT2D eigenvalue weighted by Crippen LogP contribution is 2.49. The Bertz CT molecular complexity index is 243. The van der Waals surface area contributed by atoms with Crippen LogP contribution in [-0.4, -0.2) is 25.8 Å². The highest BCUT2D eigenvalue weighted by Gasteiger charge is 2.52. The molecule has 0 heterocycles. The summed E-state index contributed by atoms with van der Waals surface area (Å²) in [7, 11) is 2.10. The van der Waals surface area contributed by atoms with E-state index in [1.54, 1.807) is 0 Å². The summed E-state index contributed by atoms with van der Waals surface area (Å²) in [6.45, 7) is 5.66. The molecule has 2 saturated carbocycles. The second kappa shape index (κ2) is 6.38. The lowest BCUT2D eigenvalue weighted by Gasteiger charge is -2.55. The molecule has 2 unspecified atom stereocenters. The molecule has 2 nitrogen and oxygen atoms in total. The van der Waals surface area contributed by atoms with Crippen molar-refractivity contribution >= 4 is 0 Å². The molecule has 0 spiro atoms. The van der Waals surface area contributed by atoms with Gasteiger partial charge in [-0.15, -0.1) is 0 Å². The van der Waals surface area contributed by atoms with E-state index >= 15 is 0 Å². The smallest absolute Gasteiger partial charge is 0.0661 e. The van der Waals surface area contributed by atoms with Gasteiger partial charge in [0.25, 0.3) is 0 Å². The Morgan fingerprint density at radius 3 is 2.33 bits per heavy atom. The summed E-state index contributed by atoms with van der Waals surface area (Å²) in [6.07, 6.45) is 11.3. The molecular weight excluding hydrogens is 222 g/mol. The third-order valence-corrected chi connectivity index (χ3v) is 5.71. The third kappa shape index (κ3) is 2.60. The Morgan fingerprint density at radius 2 is 1.78 bits per heavy atom. The van der Waals surface area contributed by atoms with Gasteiger partial charge in [0.15, 0.2) is 0 Å². The number of hydrogen-bond donors (Lipinski definition) is 1. The van der Waals surface area contributed by atoms with Crippen LogP contribution >= 0.6 is 0 Å². The zero-order valence-electron chi connectivity index (χ0n) is 12.5. The van der Waals surface area contributed by atoms with Crippen LogP contribution in [0.25, 0.3) is 0 Å². The molecule has 0 bridgehead atoms. The molecule has 2 aliphatic carbocycles. The number of rotatable bonds is 6. The summed E-state index contributed by atoms with van der Waals surface area (Å²) in [5.74, 6) is 0.846. The van der Waals surface area contributed by atoms with Gasteiger partial charge >= 0.3 is 0 Å². The summed E-state index contributed by atoms with van der Waals surface area (Å²) in [5, 5.41) is 3.48. The predicted molar refractivity (Wildman–Crippen MR) is 76.8 cm³/mol. The van der Waals surface area contributed by atoms with Gasteiger partial charge in [0.1, 0.15) is 0 Å². The van der Waals surface area contributed by atoms with Crippen molar-refractivity contribution in [3.8, 4) is 0 Å². The molecule has 2 heteroatoms. The van der Waals surface area contributed by atoms with Gasteiger partial charge in [-0.05, 0) is 45.1 Å². The van der Waals surface area contributed by atoms with E-state index in [0.29, 0.717) is 17.6 Å². The van der Waals surface area contributed by atoms with Crippen LogP contribution in [-0.2, 0) is 4.74 Å². The minimum Gasteiger partial charge on any atom is -0.377 e. The second-order valence-corrected chi connectivity index (χ2v) is 6.34. The van der Waals surface area contributed by atoms with E-state index in [2.05, 4.69) is 26.2 Å². The molecule has 0 aromatic carbocycles. The van der Waals surface area contributed by atoms with Crippen LogP contribution < -0.4 is 5.32 Å². The average Bonchev–Trinajstić information content (AvgIpc) is 2.41. The summed E-state index contributed by atoms with van der Waals surface area (Å²) < 4.78 is 6.31. The minimum absolute atomic E-state index is 0.406. The summed E-state index contributed by atoms with van der Waals surface area (Å²) >= 11 is 0. The molecule has 106 valence electrons. The highest BCUT2D eigenvalue weighted by molar-refractivity contribution is 5.06. The quantitative estimate of drug-likeness (QED) is 0.778. The molecule has 1 N–H and O–H groups in total. The van der Waals surface area contributed by atoms with Crippen molar-refractivity contribution in [2.75, 3.05) is 13.7 Å². The van der Waals surface area contributed by atoms with Gasteiger partial charge in [-0.2, -0.15) is 0 Å². The van der Waals surface area contributed by atoms with Gasteiger partial charge < -0.3 is 10.1 Å². The van der Waals surface area contributed by atoms with Gasteiger partial charge in [-0.25, -0.2) is 0 Å². The van der Waals surface area contributed by atoms with Crippen LogP contribution in [0.1, 0.15) is 65.2 Å². The molecule has 2 aliphatic rings. The molecule has 0 radical (unpaired) electrons. The van der Waals surface area contributed by atoms with Crippen molar-refractivity contribution in [1.82, 2.24) is 5.32 Å². The zero-order valence-corrected chi connectivity index (χ0v) is 12.5. The van der Waals surface area contributed by atoms with Crippen molar-refractivity contribution in [2.45, 2.75) is 77.4 Å². The van der Waals surface area contributed by atoms with E-state index in [0.717, 1.165) is 12.5 Å². The zero-order chi connectivity index (χ0) is 13.0. The van der Waals surface area contributed by atoms with Crippen molar-refractivity contribution in [2.24, 2.45) is 11.3 Å². The maximum absolute atomic E-state index is 6.31. The first-order chi connectivity index (χ1) is 8.76. The lowest BCUT2D eigenvalue weighted by Crippen LogP contribution is -2.62. The molecule has 2 fully saturated rings. The second-order valence-electron chi connectivity index (χ2n) is 6.34. The van der Waals surface area contributed by atoms with E-state index in [4.69, 9.17) is 4.74 Å². The van der Waals surface area contributed by atoms with Crippen LogP contribution in [0.3, 0.4) is 0 Å². The lowest BCUT2D eigenvalue weighted by molar-refractivity contribution is -0.147. The molecule has 2 atom stereocenters. The lowest BCUT2D eigenvalue weighted by atomic mass is 9.58. The fourth-order valence-electron chi connectivity index (χ4n) is 4.19. The minimum atomic E-state index is 0.406. The predicted octanol–water partition coefficient (Wildman–Crippen LogP) is 3.75. The standard InChI is InChI=1S/C16H31NO/c1-4-16(5-2)14(17-3)11-15(16)18-12-13-9-7-6-8-10-13/h13-15,17H,4-12H2,1-3H3. The normalized spacial score (nSPS) is 32.2. The number of nitrogens with one attached hydrogen (secondary N) is 1. The van der Waals surface area contributed by atoms with Gasteiger partial charge in [0.05, 0.1) is 6.10 Å². The summed E-state index contributed by atoms with van der Waals surface area (Å²) in [5.41, 5.74) is 0.406. The number of hydrogen-bond acceptors (Lipinski definition) is 2. The Balaban J connectivity index is 1.82. The van der Waals surface area contributed by atoms with Crippen LogP contribution in [0, 0.1) is 11.3 Å². The maximum Gasteiger partial charge on any atom is 0.0661 e. The van der Waals surface area contributed by atoms with Crippen LogP contribution in [0.2, 0.25) is 0 Å². The van der Waals surface area contributed by atoms with Gasteiger partial charge in [-0.3, -0.25) is 0 Å². The molecule has 0 aromatic rings. The van der Waals surface area contributed by atoms with Crippen molar-refractivity contribution < 1.29 is 4.74 Å². The van der Waals surface area contributed by atoms with Crippen LogP contribution in [0.4, 0.5) is 0 Å². The van der Waals surface area contributed by atoms with E-state index in [1.807, 2.05) is 0 Å². The molecule has 0 saturated heterocycles. The van der Waals surface area contributed by atoms with Crippen molar-refractivity contribution in [3.05, 3.63) is 0 Å². The Hall–Kier alpha value is -0.0800. The van der Waals surface area contributed by atoms with E-state index < -0.39 is 0 Å². The molecule has 18 heavy (non-hydrogen) atoms. The summed E-state index contributed by atoms with van der Waals surface area (Å²) in [4.78, 5) is 0. The summed E-state index contributed by atoms with van der Waals surface area (Å²) in [6, 6.07) is 0.670. The Kier molecular flexibility index (Phi) is 5.08. The molecule has 0 aliphatic heterocycles. The van der Waals surface area contributed by atoms with Crippen LogP contribution in [0.5, 0.6) is 0 Å². The first-order valence-corrected chi connectivity index (χ1v) is 8.05. The topological polar surface area (TPSA) is 21.3 Å². The average molecular weight is 253 g/mol. The van der Waals surface area contributed by atoms with Crippen LogP contribution in [0.15, 0.2) is 0 Å². The molecule has 0 amide bonds. The van der Waals surface area contributed by atoms with Gasteiger partial charge in [0.2, 0.25) is 0 Å². The first-order valence-electron chi connectivity index (χ1n) is 8.05. The van der Waals surface area contributed by atoms with E-state index in [-0.39, 0.29) is 0 Å². The SMILES string of the molecule is CCC1(CC)C(NC)CC1OCC1CCCCC1. The maximum atomic E-state index is 6.31. The Labute approximate surface area is 113 Å².